The molecule has 13 heavy (non-hydrogen) atoms. The molecule has 0 aliphatic carbocycles. The first-order valence-electron chi connectivity index (χ1n) is 5.18. The lowest BCUT2D eigenvalue weighted by Crippen LogP contribution is -2.23. The maximum Gasteiger partial charge on any atom is 0.133 e. The van der Waals surface area contributed by atoms with Crippen molar-refractivity contribution in [1.29, 1.82) is 0 Å². The van der Waals surface area contributed by atoms with Gasteiger partial charge >= 0.3 is 0 Å². The summed E-state index contributed by atoms with van der Waals surface area (Å²) >= 11 is 0. The molecule has 0 aliphatic rings. The van der Waals surface area contributed by atoms with E-state index in [9.17, 15) is 4.79 Å². The van der Waals surface area contributed by atoms with Crippen molar-refractivity contribution in [3.63, 3.8) is 0 Å². The zero-order valence-electron chi connectivity index (χ0n) is 10.0. The first kappa shape index (κ1) is 12.7. The fourth-order valence-electron chi connectivity index (χ4n) is 2.16. The monoisotopic (exact) mass is 184 g/mol. The summed E-state index contributed by atoms with van der Waals surface area (Å²) in [7, 11) is 0. The lowest BCUT2D eigenvalue weighted by atomic mass is 9.73. The van der Waals surface area contributed by atoms with Gasteiger partial charge in [0.1, 0.15) is 5.78 Å². The van der Waals surface area contributed by atoms with Crippen LogP contribution in [0.4, 0.5) is 0 Å². The molecule has 0 aliphatic heterocycles. The molecule has 0 aromatic rings. The van der Waals surface area contributed by atoms with Gasteiger partial charge in [-0.05, 0) is 17.3 Å². The van der Waals surface area contributed by atoms with E-state index in [1.807, 2.05) is 6.92 Å². The standard InChI is InChI=1S/C12H24O/c1-7-10(13)8-12(5,6)9-11(2,3)4/h7-9H2,1-6H3. The highest BCUT2D eigenvalue weighted by Gasteiger charge is 2.27. The third kappa shape index (κ3) is 6.80. The lowest BCUT2D eigenvalue weighted by molar-refractivity contribution is -0.121. The van der Waals surface area contributed by atoms with E-state index in [0.29, 0.717) is 17.6 Å². The summed E-state index contributed by atoms with van der Waals surface area (Å²) in [5, 5.41) is 0. The predicted molar refractivity (Wildman–Crippen MR) is 57.8 cm³/mol. The van der Waals surface area contributed by atoms with Gasteiger partial charge in [-0.2, -0.15) is 0 Å². The van der Waals surface area contributed by atoms with Crippen LogP contribution in [-0.2, 0) is 4.79 Å². The molecule has 1 heteroatoms. The van der Waals surface area contributed by atoms with Gasteiger partial charge in [0.15, 0.2) is 0 Å². The van der Waals surface area contributed by atoms with Gasteiger partial charge in [0.25, 0.3) is 0 Å². The number of rotatable bonds is 4. The SMILES string of the molecule is CCC(=O)CC(C)(C)CC(C)(C)C. The molecule has 0 saturated heterocycles. The van der Waals surface area contributed by atoms with Gasteiger partial charge in [0.2, 0.25) is 0 Å². The highest BCUT2D eigenvalue weighted by Crippen LogP contribution is 2.35. The minimum absolute atomic E-state index is 0.158. The molecule has 0 aromatic carbocycles. The number of ketones is 1. The van der Waals surface area contributed by atoms with E-state index in [1.165, 1.54) is 0 Å². The average Bonchev–Trinajstić information content (AvgIpc) is 1.80. The van der Waals surface area contributed by atoms with E-state index < -0.39 is 0 Å². The molecule has 0 unspecified atom stereocenters. The minimum atomic E-state index is 0.158. The summed E-state index contributed by atoms with van der Waals surface area (Å²) in [5.41, 5.74) is 0.475. The number of Topliss-reactive ketones (excluding diaryl/α,β-unsaturated/α-hetero) is 1. The van der Waals surface area contributed by atoms with Crippen molar-refractivity contribution in [3.05, 3.63) is 0 Å². The summed E-state index contributed by atoms with van der Waals surface area (Å²) in [5.74, 6) is 0.384. The van der Waals surface area contributed by atoms with E-state index in [-0.39, 0.29) is 5.41 Å². The number of carbonyl (C=O) groups excluding carboxylic acids is 1. The molecule has 0 aromatic heterocycles. The van der Waals surface area contributed by atoms with Crippen LogP contribution in [0.2, 0.25) is 0 Å². The van der Waals surface area contributed by atoms with Gasteiger partial charge in [-0.1, -0.05) is 41.5 Å². The smallest absolute Gasteiger partial charge is 0.133 e. The van der Waals surface area contributed by atoms with Crippen LogP contribution < -0.4 is 0 Å². The molecule has 78 valence electrons. The normalized spacial score (nSPS) is 13.1. The molecule has 0 N–H and O–H groups in total. The third-order valence-corrected chi connectivity index (χ3v) is 2.08. The molecule has 0 saturated carbocycles. The molecular weight excluding hydrogens is 160 g/mol. The Balaban J connectivity index is 4.16. The fraction of sp³-hybridized carbons (Fsp3) is 0.917. The van der Waals surface area contributed by atoms with Gasteiger partial charge in [-0.15, -0.1) is 0 Å². The Morgan fingerprint density at radius 2 is 1.54 bits per heavy atom. The first-order chi connectivity index (χ1) is 5.66. The minimum Gasteiger partial charge on any atom is -0.300 e. The molecule has 0 rings (SSSR count). The Hall–Kier alpha value is -0.330. The highest BCUT2D eigenvalue weighted by atomic mass is 16.1. The lowest BCUT2D eigenvalue weighted by Gasteiger charge is -2.31. The van der Waals surface area contributed by atoms with E-state index in [1.54, 1.807) is 0 Å². The van der Waals surface area contributed by atoms with E-state index in [4.69, 9.17) is 0 Å². The third-order valence-electron chi connectivity index (χ3n) is 2.08. The molecule has 0 amide bonds. The zero-order valence-corrected chi connectivity index (χ0v) is 10.0. The fourth-order valence-corrected chi connectivity index (χ4v) is 2.16. The van der Waals surface area contributed by atoms with Gasteiger partial charge in [-0.25, -0.2) is 0 Å². The van der Waals surface area contributed by atoms with Crippen LogP contribution in [0.5, 0.6) is 0 Å². The molecule has 0 fully saturated rings. The Kier molecular flexibility index (Phi) is 4.15. The number of hydrogen-bond donors (Lipinski definition) is 0. The predicted octanol–water partition coefficient (Wildman–Crippen LogP) is 3.82. The van der Waals surface area contributed by atoms with Gasteiger partial charge in [0, 0.05) is 12.8 Å². The first-order valence-corrected chi connectivity index (χ1v) is 5.18. The van der Waals surface area contributed by atoms with Crippen LogP contribution >= 0.6 is 0 Å². The summed E-state index contributed by atoms with van der Waals surface area (Å²) in [6.07, 6.45) is 2.50. The van der Waals surface area contributed by atoms with Gasteiger partial charge < -0.3 is 0 Å². The van der Waals surface area contributed by atoms with Crippen LogP contribution in [0, 0.1) is 10.8 Å². The molecule has 1 nitrogen and oxygen atoms in total. The van der Waals surface area contributed by atoms with Crippen molar-refractivity contribution in [3.8, 4) is 0 Å². The van der Waals surface area contributed by atoms with Crippen molar-refractivity contribution in [2.75, 3.05) is 0 Å². The zero-order chi connectivity index (χ0) is 10.7. The van der Waals surface area contributed by atoms with Gasteiger partial charge in [-0.3, -0.25) is 4.79 Å². The van der Waals surface area contributed by atoms with Crippen LogP contribution in [0.3, 0.4) is 0 Å². The summed E-state index contributed by atoms with van der Waals surface area (Å²) in [6.45, 7) is 13.0. The van der Waals surface area contributed by atoms with E-state index in [2.05, 4.69) is 34.6 Å². The largest absolute Gasteiger partial charge is 0.300 e. The average molecular weight is 184 g/mol. The molecule has 0 atom stereocenters. The molecular formula is C12H24O. The number of carbonyl (C=O) groups is 1. The maximum atomic E-state index is 11.3. The Bertz CT molecular complexity index is 172. The Morgan fingerprint density at radius 3 is 1.85 bits per heavy atom. The van der Waals surface area contributed by atoms with E-state index in [0.717, 1.165) is 12.8 Å². The molecule has 0 heterocycles. The maximum absolute atomic E-state index is 11.3. The Morgan fingerprint density at radius 1 is 1.08 bits per heavy atom. The van der Waals surface area contributed by atoms with Crippen LogP contribution in [0.25, 0.3) is 0 Å². The molecule has 0 bridgehead atoms. The summed E-state index contributed by atoms with van der Waals surface area (Å²) < 4.78 is 0. The van der Waals surface area contributed by atoms with Crippen molar-refractivity contribution in [2.45, 2.75) is 60.8 Å². The van der Waals surface area contributed by atoms with Crippen LogP contribution in [0.1, 0.15) is 60.8 Å². The summed E-state index contributed by atoms with van der Waals surface area (Å²) in [6, 6.07) is 0. The topological polar surface area (TPSA) is 17.1 Å². The van der Waals surface area contributed by atoms with Crippen LogP contribution in [0.15, 0.2) is 0 Å². The van der Waals surface area contributed by atoms with Crippen molar-refractivity contribution in [2.24, 2.45) is 10.8 Å². The molecule has 0 spiro atoms. The second-order valence-electron chi connectivity index (χ2n) is 5.97. The second-order valence-corrected chi connectivity index (χ2v) is 5.97. The molecule has 0 radical (unpaired) electrons. The quantitative estimate of drug-likeness (QED) is 0.649. The van der Waals surface area contributed by atoms with Crippen molar-refractivity contribution < 1.29 is 4.79 Å². The Labute approximate surface area is 82.9 Å². The van der Waals surface area contributed by atoms with Crippen molar-refractivity contribution in [1.82, 2.24) is 0 Å². The van der Waals surface area contributed by atoms with Crippen molar-refractivity contribution >= 4 is 5.78 Å². The van der Waals surface area contributed by atoms with E-state index >= 15 is 0 Å². The number of hydrogen-bond acceptors (Lipinski definition) is 1. The van der Waals surface area contributed by atoms with Crippen LogP contribution in [-0.4, -0.2) is 5.78 Å². The highest BCUT2D eigenvalue weighted by molar-refractivity contribution is 5.78. The summed E-state index contributed by atoms with van der Waals surface area (Å²) in [4.78, 5) is 11.3. The second kappa shape index (κ2) is 4.26. The van der Waals surface area contributed by atoms with Gasteiger partial charge in [0.05, 0.1) is 0 Å².